The van der Waals surface area contributed by atoms with Crippen molar-refractivity contribution in [1.29, 1.82) is 0 Å². The van der Waals surface area contributed by atoms with Crippen molar-refractivity contribution in [3.05, 3.63) is 52.2 Å². The maximum absolute atomic E-state index is 13.3. The SMILES string of the molecule is Fc1ccc2nc([C@@H]3CCCN3Cc3ccsc3)[nH]c2c1. The number of aromatic nitrogens is 2. The van der Waals surface area contributed by atoms with Crippen LogP contribution in [0.25, 0.3) is 11.0 Å². The molecular formula is C16H16FN3S. The Balaban J connectivity index is 1.63. The van der Waals surface area contributed by atoms with Gasteiger partial charge >= 0.3 is 0 Å². The molecule has 0 bridgehead atoms. The first-order valence-electron chi connectivity index (χ1n) is 7.20. The molecule has 1 N–H and O–H groups in total. The van der Waals surface area contributed by atoms with Gasteiger partial charge in [0.1, 0.15) is 11.6 Å². The summed E-state index contributed by atoms with van der Waals surface area (Å²) in [7, 11) is 0. The molecule has 1 atom stereocenters. The lowest BCUT2D eigenvalue weighted by atomic mass is 10.2. The average Bonchev–Trinajstić information content (AvgIpc) is 3.18. The number of thiophene rings is 1. The van der Waals surface area contributed by atoms with Crippen LogP contribution >= 0.6 is 11.3 Å². The van der Waals surface area contributed by atoms with Gasteiger partial charge in [0.25, 0.3) is 0 Å². The van der Waals surface area contributed by atoms with Crippen molar-refractivity contribution in [3.63, 3.8) is 0 Å². The summed E-state index contributed by atoms with van der Waals surface area (Å²) in [5, 5.41) is 4.31. The van der Waals surface area contributed by atoms with Gasteiger partial charge in [-0.15, -0.1) is 0 Å². The van der Waals surface area contributed by atoms with Gasteiger partial charge in [-0.1, -0.05) is 0 Å². The van der Waals surface area contributed by atoms with E-state index in [0.29, 0.717) is 6.04 Å². The molecule has 21 heavy (non-hydrogen) atoms. The second kappa shape index (κ2) is 5.24. The van der Waals surface area contributed by atoms with E-state index in [0.717, 1.165) is 36.4 Å². The fourth-order valence-corrected chi connectivity index (χ4v) is 3.76. The van der Waals surface area contributed by atoms with Crippen LogP contribution in [0.4, 0.5) is 4.39 Å². The van der Waals surface area contributed by atoms with Crippen molar-refractivity contribution in [2.75, 3.05) is 6.54 Å². The van der Waals surface area contributed by atoms with E-state index in [1.807, 2.05) is 0 Å². The summed E-state index contributed by atoms with van der Waals surface area (Å²) in [5.41, 5.74) is 2.98. The minimum absolute atomic E-state index is 0.223. The molecular weight excluding hydrogens is 285 g/mol. The van der Waals surface area contributed by atoms with Crippen molar-refractivity contribution in [1.82, 2.24) is 14.9 Å². The van der Waals surface area contributed by atoms with Gasteiger partial charge in [-0.3, -0.25) is 4.90 Å². The highest BCUT2D eigenvalue weighted by molar-refractivity contribution is 7.07. The van der Waals surface area contributed by atoms with E-state index in [-0.39, 0.29) is 5.82 Å². The molecule has 3 aromatic rings. The Morgan fingerprint density at radius 2 is 2.33 bits per heavy atom. The van der Waals surface area contributed by atoms with Crippen molar-refractivity contribution in [2.45, 2.75) is 25.4 Å². The van der Waals surface area contributed by atoms with Gasteiger partial charge in [0, 0.05) is 6.54 Å². The monoisotopic (exact) mass is 301 g/mol. The van der Waals surface area contributed by atoms with Gasteiger partial charge in [0.05, 0.1) is 17.1 Å². The third-order valence-electron chi connectivity index (χ3n) is 4.11. The van der Waals surface area contributed by atoms with Crippen molar-refractivity contribution in [3.8, 4) is 0 Å². The van der Waals surface area contributed by atoms with E-state index in [1.165, 1.54) is 24.1 Å². The van der Waals surface area contributed by atoms with Gasteiger partial charge in [0.15, 0.2) is 0 Å². The molecule has 1 aliphatic rings. The third-order valence-corrected chi connectivity index (χ3v) is 4.84. The van der Waals surface area contributed by atoms with Crippen LogP contribution < -0.4 is 0 Å². The minimum Gasteiger partial charge on any atom is -0.341 e. The van der Waals surface area contributed by atoms with Crippen LogP contribution in [0.15, 0.2) is 35.0 Å². The molecule has 2 aromatic heterocycles. The van der Waals surface area contributed by atoms with Crippen LogP contribution in [0.1, 0.15) is 30.3 Å². The lowest BCUT2D eigenvalue weighted by Crippen LogP contribution is -2.23. The normalized spacial score (nSPS) is 19.6. The van der Waals surface area contributed by atoms with Crippen LogP contribution in [0, 0.1) is 5.82 Å². The van der Waals surface area contributed by atoms with Gasteiger partial charge in [-0.2, -0.15) is 11.3 Å². The number of hydrogen-bond acceptors (Lipinski definition) is 3. The predicted molar refractivity (Wildman–Crippen MR) is 82.8 cm³/mol. The highest BCUT2D eigenvalue weighted by atomic mass is 32.1. The third kappa shape index (κ3) is 2.47. The van der Waals surface area contributed by atoms with Crippen LogP contribution in [0.5, 0.6) is 0 Å². The van der Waals surface area contributed by atoms with Crippen molar-refractivity contribution >= 4 is 22.4 Å². The van der Waals surface area contributed by atoms with Gasteiger partial charge < -0.3 is 4.98 Å². The molecule has 1 aromatic carbocycles. The zero-order valence-electron chi connectivity index (χ0n) is 11.6. The lowest BCUT2D eigenvalue weighted by molar-refractivity contribution is 0.241. The maximum atomic E-state index is 13.3. The summed E-state index contributed by atoms with van der Waals surface area (Å²) >= 11 is 1.73. The summed E-state index contributed by atoms with van der Waals surface area (Å²) in [6.07, 6.45) is 2.28. The number of likely N-dealkylation sites (tertiary alicyclic amines) is 1. The predicted octanol–water partition coefficient (Wildman–Crippen LogP) is 4.10. The smallest absolute Gasteiger partial charge is 0.125 e. The number of halogens is 1. The number of H-pyrrole nitrogens is 1. The highest BCUT2D eigenvalue weighted by Gasteiger charge is 2.28. The molecule has 1 aliphatic heterocycles. The average molecular weight is 301 g/mol. The second-order valence-electron chi connectivity index (χ2n) is 5.54. The summed E-state index contributed by atoms with van der Waals surface area (Å²) in [6.45, 7) is 2.05. The van der Waals surface area contributed by atoms with Crippen molar-refractivity contribution < 1.29 is 4.39 Å². The first-order chi connectivity index (χ1) is 10.3. The topological polar surface area (TPSA) is 31.9 Å². The molecule has 0 radical (unpaired) electrons. The Bertz CT molecular complexity index is 750. The molecule has 0 amide bonds. The largest absolute Gasteiger partial charge is 0.341 e. The fourth-order valence-electron chi connectivity index (χ4n) is 3.10. The Morgan fingerprint density at radius 1 is 1.38 bits per heavy atom. The summed E-state index contributed by atoms with van der Waals surface area (Å²) in [5.74, 6) is 0.739. The van der Waals surface area contributed by atoms with Crippen LogP contribution in [-0.4, -0.2) is 21.4 Å². The van der Waals surface area contributed by atoms with Gasteiger partial charge in [-0.05, 0) is 60.0 Å². The molecule has 3 heterocycles. The zero-order valence-corrected chi connectivity index (χ0v) is 12.4. The van der Waals surface area contributed by atoms with E-state index < -0.39 is 0 Å². The Hall–Kier alpha value is -1.72. The molecule has 1 saturated heterocycles. The van der Waals surface area contributed by atoms with E-state index in [2.05, 4.69) is 31.7 Å². The number of aromatic amines is 1. The molecule has 0 unspecified atom stereocenters. The summed E-state index contributed by atoms with van der Waals surface area (Å²) in [4.78, 5) is 10.4. The molecule has 0 spiro atoms. The number of nitrogens with one attached hydrogen (secondary N) is 1. The van der Waals surface area contributed by atoms with E-state index in [9.17, 15) is 4.39 Å². The lowest BCUT2D eigenvalue weighted by Gasteiger charge is -2.22. The van der Waals surface area contributed by atoms with E-state index in [1.54, 1.807) is 17.4 Å². The first-order valence-corrected chi connectivity index (χ1v) is 8.14. The Labute approximate surface area is 126 Å². The fraction of sp³-hybridized carbons (Fsp3) is 0.312. The van der Waals surface area contributed by atoms with E-state index >= 15 is 0 Å². The molecule has 1 fully saturated rings. The first kappa shape index (κ1) is 13.0. The number of fused-ring (bicyclic) bond motifs is 1. The minimum atomic E-state index is -0.223. The quantitative estimate of drug-likeness (QED) is 0.790. The summed E-state index contributed by atoms with van der Waals surface area (Å²) < 4.78 is 13.3. The highest BCUT2D eigenvalue weighted by Crippen LogP contribution is 2.32. The Kier molecular flexibility index (Phi) is 3.24. The zero-order chi connectivity index (χ0) is 14.2. The molecule has 3 nitrogen and oxygen atoms in total. The number of rotatable bonds is 3. The van der Waals surface area contributed by atoms with Gasteiger partial charge in [0.2, 0.25) is 0 Å². The standard InChI is InChI=1S/C16H16FN3S/c17-12-3-4-13-14(8-12)19-16(18-13)15-2-1-6-20(15)9-11-5-7-21-10-11/h3-5,7-8,10,15H,1-2,6,9H2,(H,18,19)/t15-/m0/s1. The molecule has 0 aliphatic carbocycles. The summed E-state index contributed by atoms with van der Waals surface area (Å²) in [6, 6.07) is 7.20. The maximum Gasteiger partial charge on any atom is 0.125 e. The molecule has 4 rings (SSSR count). The van der Waals surface area contributed by atoms with Crippen molar-refractivity contribution in [2.24, 2.45) is 0 Å². The molecule has 5 heteroatoms. The van der Waals surface area contributed by atoms with Crippen LogP contribution in [0.2, 0.25) is 0 Å². The Morgan fingerprint density at radius 3 is 3.19 bits per heavy atom. The van der Waals surface area contributed by atoms with Crippen LogP contribution in [-0.2, 0) is 6.54 Å². The number of nitrogens with zero attached hydrogens (tertiary/aromatic N) is 2. The number of benzene rings is 1. The number of hydrogen-bond donors (Lipinski definition) is 1. The second-order valence-corrected chi connectivity index (χ2v) is 6.32. The van der Waals surface area contributed by atoms with Crippen LogP contribution in [0.3, 0.4) is 0 Å². The number of imidazole rings is 1. The molecule has 0 saturated carbocycles. The van der Waals surface area contributed by atoms with Gasteiger partial charge in [-0.25, -0.2) is 9.37 Å². The molecule has 108 valence electrons. The van der Waals surface area contributed by atoms with E-state index in [4.69, 9.17) is 0 Å².